The number of hydrogen-bond acceptors (Lipinski definition) is 1. The highest BCUT2D eigenvalue weighted by Gasteiger charge is 1.85. The van der Waals surface area contributed by atoms with E-state index in [2.05, 4.69) is 0 Å². The van der Waals surface area contributed by atoms with Gasteiger partial charge in [0, 0.05) is 0 Å². The molecule has 0 saturated heterocycles. The Labute approximate surface area is 44.7 Å². The van der Waals surface area contributed by atoms with Crippen molar-refractivity contribution in [3.8, 4) is 0 Å². The van der Waals surface area contributed by atoms with E-state index < -0.39 is 12.6 Å². The zero-order valence-corrected chi connectivity index (χ0v) is 4.56. The van der Waals surface area contributed by atoms with Crippen LogP contribution in [0.2, 0.25) is 0 Å². The summed E-state index contributed by atoms with van der Waals surface area (Å²) in [6.07, 6.45) is 0. The minimum atomic E-state index is -1.41. The molecule has 0 rings (SSSR count). The van der Waals surface area contributed by atoms with Crippen LogP contribution in [0.4, 0.5) is 4.39 Å². The first-order valence-corrected chi connectivity index (χ1v) is 1.05. The number of rotatable bonds is 1. The van der Waals surface area contributed by atoms with Gasteiger partial charge in [-0.2, -0.15) is 0 Å². The van der Waals surface area contributed by atoms with E-state index in [0.29, 0.717) is 0 Å². The van der Waals surface area contributed by atoms with Crippen LogP contribution >= 0.6 is 17.0 Å². The molecule has 6 heavy (non-hydrogen) atoms. The molecule has 0 atom stereocenters. The first-order valence-electron chi connectivity index (χ1n) is 1.05. The molecule has 4 heteroatoms. The van der Waals surface area contributed by atoms with Gasteiger partial charge in [-0.1, -0.05) is 0 Å². The predicted molar refractivity (Wildman–Crippen MR) is 23.9 cm³/mol. The second-order valence-electron chi connectivity index (χ2n) is 0.527. The highest BCUT2D eigenvalue weighted by molar-refractivity contribution is 8.93. The second kappa shape index (κ2) is 4.88. The molecule has 1 N–H and O–H groups in total. The van der Waals surface area contributed by atoms with Crippen molar-refractivity contribution in [2.24, 2.45) is 0 Å². The summed E-state index contributed by atoms with van der Waals surface area (Å²) in [5.74, 6) is -1.41. The van der Waals surface area contributed by atoms with Crippen molar-refractivity contribution in [1.29, 1.82) is 0 Å². The molecule has 38 valence electrons. The molecule has 0 aliphatic rings. The van der Waals surface area contributed by atoms with Gasteiger partial charge in [0.1, 0.15) is 0 Å². The molecule has 0 aromatic carbocycles. The molecular weight excluding hydrogens is 155 g/mol. The molecule has 0 aromatic rings. The molecule has 2 nitrogen and oxygen atoms in total. The normalized spacial score (nSPS) is 6.17. The second-order valence-corrected chi connectivity index (χ2v) is 0.527. The molecule has 0 bridgehead atoms. The van der Waals surface area contributed by atoms with Crippen LogP contribution in [0.1, 0.15) is 0 Å². The van der Waals surface area contributed by atoms with E-state index in [1.54, 1.807) is 0 Å². The van der Waals surface area contributed by atoms with Crippen LogP contribution in [0.25, 0.3) is 0 Å². The van der Waals surface area contributed by atoms with Crippen LogP contribution in [0.3, 0.4) is 0 Å². The predicted octanol–water partition coefficient (Wildman–Crippen LogP) is 0.618. The zero-order valence-electron chi connectivity index (χ0n) is 2.85. The van der Waals surface area contributed by atoms with Gasteiger partial charge in [0.25, 0.3) is 0 Å². The highest BCUT2D eigenvalue weighted by atomic mass is 79.9. The summed E-state index contributed by atoms with van der Waals surface area (Å²) in [6.45, 7) is -1.28. The summed E-state index contributed by atoms with van der Waals surface area (Å²) >= 11 is 0. The Hall–Kier alpha value is -0.120. The third-order valence-corrected chi connectivity index (χ3v) is 0.114. The van der Waals surface area contributed by atoms with Crippen molar-refractivity contribution in [1.82, 2.24) is 0 Å². The molecular formula is C2H4BrFO2. The lowest BCUT2D eigenvalue weighted by molar-refractivity contribution is -0.137. The monoisotopic (exact) mass is 158 g/mol. The summed E-state index contributed by atoms with van der Waals surface area (Å²) in [5, 5.41) is 7.35. The van der Waals surface area contributed by atoms with Gasteiger partial charge in [-0.05, 0) is 0 Å². The van der Waals surface area contributed by atoms with Crippen molar-refractivity contribution >= 4 is 23.0 Å². The molecule has 0 radical (unpaired) electrons. The molecule has 0 aliphatic carbocycles. The average molecular weight is 159 g/mol. The van der Waals surface area contributed by atoms with Gasteiger partial charge in [0.2, 0.25) is 0 Å². The van der Waals surface area contributed by atoms with Crippen molar-refractivity contribution < 1.29 is 14.3 Å². The molecule has 0 aromatic heterocycles. The maximum atomic E-state index is 10.5. The van der Waals surface area contributed by atoms with Crippen LogP contribution in [0.5, 0.6) is 0 Å². The highest BCUT2D eigenvalue weighted by Crippen LogP contribution is 1.60. The molecule has 0 aliphatic heterocycles. The minimum Gasteiger partial charge on any atom is -0.479 e. The van der Waals surface area contributed by atoms with E-state index >= 15 is 0 Å². The fourth-order valence-corrected chi connectivity index (χ4v) is 0. The largest absolute Gasteiger partial charge is 0.479 e. The molecule has 0 amide bonds. The minimum absolute atomic E-state index is 0. The van der Waals surface area contributed by atoms with Crippen LogP contribution in [-0.2, 0) is 4.79 Å². The Balaban J connectivity index is 0. The van der Waals surface area contributed by atoms with Crippen LogP contribution in [-0.4, -0.2) is 17.8 Å². The topological polar surface area (TPSA) is 37.3 Å². The summed E-state index contributed by atoms with van der Waals surface area (Å²) in [4.78, 5) is 8.99. The van der Waals surface area contributed by atoms with Crippen molar-refractivity contribution in [2.45, 2.75) is 0 Å². The first-order chi connectivity index (χ1) is 2.27. The fourth-order valence-electron chi connectivity index (χ4n) is 0. The third kappa shape index (κ3) is 9.11. The van der Waals surface area contributed by atoms with E-state index in [-0.39, 0.29) is 17.0 Å². The Morgan fingerprint density at radius 3 is 2.00 bits per heavy atom. The Kier molecular flexibility index (Phi) is 7.57. The number of carbonyl (C=O) groups is 1. The summed E-state index contributed by atoms with van der Waals surface area (Å²) in [7, 11) is 0. The number of halogens is 2. The smallest absolute Gasteiger partial charge is 0.335 e. The summed E-state index contributed by atoms with van der Waals surface area (Å²) < 4.78 is 10.5. The van der Waals surface area contributed by atoms with Crippen LogP contribution in [0.15, 0.2) is 0 Å². The van der Waals surface area contributed by atoms with Crippen molar-refractivity contribution in [3.63, 3.8) is 0 Å². The van der Waals surface area contributed by atoms with E-state index in [4.69, 9.17) is 9.90 Å². The number of carboxylic acids is 1. The number of hydrogen-bond donors (Lipinski definition) is 1. The number of carboxylic acid groups (broad SMARTS) is 1. The number of alkyl halides is 1. The van der Waals surface area contributed by atoms with Gasteiger partial charge in [-0.25, -0.2) is 9.18 Å². The van der Waals surface area contributed by atoms with E-state index in [1.807, 2.05) is 0 Å². The van der Waals surface area contributed by atoms with E-state index in [1.165, 1.54) is 0 Å². The van der Waals surface area contributed by atoms with Gasteiger partial charge in [0.15, 0.2) is 6.67 Å². The van der Waals surface area contributed by atoms with Gasteiger partial charge in [-0.15, -0.1) is 17.0 Å². The van der Waals surface area contributed by atoms with Gasteiger partial charge >= 0.3 is 5.97 Å². The quantitative estimate of drug-likeness (QED) is 0.608. The van der Waals surface area contributed by atoms with Gasteiger partial charge in [0.05, 0.1) is 0 Å². The lowest BCUT2D eigenvalue weighted by Crippen LogP contribution is -1.93. The van der Waals surface area contributed by atoms with Crippen LogP contribution < -0.4 is 0 Å². The number of aliphatic carboxylic acids is 1. The van der Waals surface area contributed by atoms with Gasteiger partial charge in [-0.3, -0.25) is 0 Å². The third-order valence-electron chi connectivity index (χ3n) is 0.114. The maximum absolute atomic E-state index is 10.5. The Bertz CT molecular complexity index is 46.8. The molecule has 0 unspecified atom stereocenters. The maximum Gasteiger partial charge on any atom is 0.335 e. The van der Waals surface area contributed by atoms with Crippen molar-refractivity contribution in [3.05, 3.63) is 0 Å². The first kappa shape index (κ1) is 9.30. The van der Waals surface area contributed by atoms with Crippen molar-refractivity contribution in [2.75, 3.05) is 6.67 Å². The Morgan fingerprint density at radius 1 is 1.83 bits per heavy atom. The zero-order chi connectivity index (χ0) is 4.28. The van der Waals surface area contributed by atoms with E-state index in [9.17, 15) is 4.39 Å². The van der Waals surface area contributed by atoms with Crippen LogP contribution in [0, 0.1) is 0 Å². The standard InChI is InChI=1S/C2H3FO2.BrH/c3-1-2(4)5;/h1H2,(H,4,5);1H. The summed E-state index contributed by atoms with van der Waals surface area (Å²) in [6, 6.07) is 0. The lowest BCUT2D eigenvalue weighted by Gasteiger charge is -1.69. The Morgan fingerprint density at radius 2 is 2.00 bits per heavy atom. The average Bonchev–Trinajstić information content (AvgIpc) is 1.38. The molecule has 0 spiro atoms. The lowest BCUT2D eigenvalue weighted by atomic mass is 10.8. The van der Waals surface area contributed by atoms with Gasteiger partial charge < -0.3 is 5.11 Å². The van der Waals surface area contributed by atoms with E-state index in [0.717, 1.165) is 0 Å². The SMILES string of the molecule is Br.O=C(O)CF. The summed E-state index contributed by atoms with van der Waals surface area (Å²) in [5.41, 5.74) is 0. The fraction of sp³-hybridized carbons (Fsp3) is 0.500. The molecule has 0 fully saturated rings. The molecule has 0 saturated carbocycles. The molecule has 0 heterocycles.